The number of aliphatic hydroxyl groups excluding tert-OH is 3. The van der Waals surface area contributed by atoms with Gasteiger partial charge < -0.3 is 20.1 Å². The SMILES string of the molecule is COCC(O)CSCC(O)CO. The number of ether oxygens (including phenoxy) is 1. The van der Waals surface area contributed by atoms with Crippen molar-refractivity contribution >= 4 is 11.8 Å². The van der Waals surface area contributed by atoms with E-state index < -0.39 is 12.2 Å². The second kappa shape index (κ2) is 7.82. The van der Waals surface area contributed by atoms with Crippen molar-refractivity contribution in [2.45, 2.75) is 12.2 Å². The number of hydrogen-bond donors (Lipinski definition) is 3. The van der Waals surface area contributed by atoms with Crippen LogP contribution in [-0.2, 0) is 4.74 Å². The predicted octanol–water partition coefficient (Wildman–Crippen LogP) is -0.920. The summed E-state index contributed by atoms with van der Waals surface area (Å²) in [5.41, 5.74) is 0. The maximum absolute atomic E-state index is 9.14. The smallest absolute Gasteiger partial charge is 0.0863 e. The third-order valence-corrected chi connectivity index (χ3v) is 2.43. The van der Waals surface area contributed by atoms with Crippen molar-refractivity contribution in [1.82, 2.24) is 0 Å². The average Bonchev–Trinajstić information content (AvgIpc) is 2.04. The van der Waals surface area contributed by atoms with Gasteiger partial charge in [0.25, 0.3) is 0 Å². The molecule has 0 radical (unpaired) electrons. The van der Waals surface area contributed by atoms with Gasteiger partial charge >= 0.3 is 0 Å². The Hall–Kier alpha value is 0.190. The fourth-order valence-electron chi connectivity index (χ4n) is 0.633. The molecular formula is C7H16O4S. The lowest BCUT2D eigenvalue weighted by atomic mass is 10.4. The van der Waals surface area contributed by atoms with Crippen LogP contribution in [0.25, 0.3) is 0 Å². The molecule has 2 atom stereocenters. The van der Waals surface area contributed by atoms with Gasteiger partial charge in [-0.3, -0.25) is 0 Å². The normalized spacial score (nSPS) is 16.0. The van der Waals surface area contributed by atoms with E-state index in [1.54, 1.807) is 0 Å². The molecule has 2 unspecified atom stereocenters. The number of hydrogen-bond acceptors (Lipinski definition) is 5. The number of aliphatic hydroxyl groups is 3. The van der Waals surface area contributed by atoms with Gasteiger partial charge in [0.15, 0.2) is 0 Å². The molecule has 0 amide bonds. The number of rotatable bonds is 7. The molecule has 0 spiro atoms. The summed E-state index contributed by atoms with van der Waals surface area (Å²) in [5.74, 6) is 0.960. The van der Waals surface area contributed by atoms with Crippen LogP contribution < -0.4 is 0 Å². The molecule has 0 aliphatic carbocycles. The Balaban J connectivity index is 3.18. The van der Waals surface area contributed by atoms with Crippen molar-refractivity contribution in [3.8, 4) is 0 Å². The summed E-state index contributed by atoms with van der Waals surface area (Å²) in [4.78, 5) is 0. The molecule has 4 nitrogen and oxygen atoms in total. The fourth-order valence-corrected chi connectivity index (χ4v) is 1.52. The lowest BCUT2D eigenvalue weighted by molar-refractivity contribution is 0.0790. The van der Waals surface area contributed by atoms with E-state index in [1.807, 2.05) is 0 Å². The lowest BCUT2D eigenvalue weighted by Gasteiger charge is -2.10. The third-order valence-electron chi connectivity index (χ3n) is 1.19. The predicted molar refractivity (Wildman–Crippen MR) is 48.3 cm³/mol. The van der Waals surface area contributed by atoms with Gasteiger partial charge in [-0.2, -0.15) is 11.8 Å². The Kier molecular flexibility index (Phi) is 7.94. The van der Waals surface area contributed by atoms with Crippen molar-refractivity contribution in [1.29, 1.82) is 0 Å². The summed E-state index contributed by atoms with van der Waals surface area (Å²) in [6, 6.07) is 0. The monoisotopic (exact) mass is 196 g/mol. The molecule has 74 valence electrons. The highest BCUT2D eigenvalue weighted by Crippen LogP contribution is 2.05. The fraction of sp³-hybridized carbons (Fsp3) is 1.00. The average molecular weight is 196 g/mol. The first-order valence-corrected chi connectivity index (χ1v) is 4.89. The summed E-state index contributed by atoms with van der Waals surface area (Å²) in [7, 11) is 1.52. The van der Waals surface area contributed by atoms with E-state index in [0.29, 0.717) is 18.1 Å². The Labute approximate surface area is 76.5 Å². The zero-order chi connectivity index (χ0) is 9.40. The van der Waals surface area contributed by atoms with Crippen molar-refractivity contribution in [3.05, 3.63) is 0 Å². The summed E-state index contributed by atoms with van der Waals surface area (Å²) in [6.07, 6.45) is -1.18. The first kappa shape index (κ1) is 12.2. The quantitative estimate of drug-likeness (QED) is 0.491. The van der Waals surface area contributed by atoms with Gasteiger partial charge in [-0.25, -0.2) is 0 Å². The minimum absolute atomic E-state index is 0.229. The Morgan fingerprint density at radius 3 is 2.33 bits per heavy atom. The molecule has 0 heterocycles. The van der Waals surface area contributed by atoms with Crippen molar-refractivity contribution in [3.63, 3.8) is 0 Å². The van der Waals surface area contributed by atoms with E-state index >= 15 is 0 Å². The highest BCUT2D eigenvalue weighted by molar-refractivity contribution is 7.99. The van der Waals surface area contributed by atoms with E-state index in [2.05, 4.69) is 0 Å². The van der Waals surface area contributed by atoms with Gasteiger partial charge in [-0.15, -0.1) is 0 Å². The molecule has 0 saturated heterocycles. The summed E-state index contributed by atoms with van der Waals surface area (Å²) in [6.45, 7) is 0.0790. The summed E-state index contributed by atoms with van der Waals surface area (Å²) in [5, 5.41) is 26.5. The highest BCUT2D eigenvalue weighted by atomic mass is 32.2. The number of thioether (sulfide) groups is 1. The van der Waals surface area contributed by atoms with Gasteiger partial charge in [0.1, 0.15) is 0 Å². The Bertz CT molecular complexity index is 101. The van der Waals surface area contributed by atoms with E-state index in [1.165, 1.54) is 18.9 Å². The van der Waals surface area contributed by atoms with Gasteiger partial charge in [0, 0.05) is 18.6 Å². The van der Waals surface area contributed by atoms with E-state index in [0.717, 1.165) is 0 Å². The minimum atomic E-state index is -0.690. The van der Waals surface area contributed by atoms with Crippen LogP contribution in [-0.4, -0.2) is 59.4 Å². The van der Waals surface area contributed by atoms with Crippen molar-refractivity contribution in [2.75, 3.05) is 31.8 Å². The largest absolute Gasteiger partial charge is 0.394 e. The number of methoxy groups -OCH3 is 1. The Morgan fingerprint density at radius 1 is 1.25 bits per heavy atom. The van der Waals surface area contributed by atoms with Crippen LogP contribution >= 0.6 is 11.8 Å². The first-order valence-electron chi connectivity index (χ1n) is 3.74. The molecule has 0 aliphatic rings. The molecule has 0 aromatic rings. The second-order valence-electron chi connectivity index (χ2n) is 2.48. The summed E-state index contributed by atoms with van der Waals surface area (Å²) < 4.78 is 4.71. The van der Waals surface area contributed by atoms with E-state index in [4.69, 9.17) is 20.1 Å². The Morgan fingerprint density at radius 2 is 1.83 bits per heavy atom. The highest BCUT2D eigenvalue weighted by Gasteiger charge is 2.06. The molecule has 5 heteroatoms. The molecule has 0 rings (SSSR count). The molecule has 12 heavy (non-hydrogen) atoms. The van der Waals surface area contributed by atoms with Crippen LogP contribution in [0.4, 0.5) is 0 Å². The van der Waals surface area contributed by atoms with Crippen molar-refractivity contribution < 1.29 is 20.1 Å². The molecule has 3 N–H and O–H groups in total. The molecule has 0 fully saturated rings. The van der Waals surface area contributed by atoms with Gasteiger partial charge in [-0.05, 0) is 0 Å². The van der Waals surface area contributed by atoms with Gasteiger partial charge in [-0.1, -0.05) is 0 Å². The maximum atomic E-state index is 9.14. The van der Waals surface area contributed by atoms with Gasteiger partial charge in [0.05, 0.1) is 25.4 Å². The van der Waals surface area contributed by atoms with Crippen LogP contribution in [0.15, 0.2) is 0 Å². The van der Waals surface area contributed by atoms with Gasteiger partial charge in [0.2, 0.25) is 0 Å². The van der Waals surface area contributed by atoms with Crippen LogP contribution in [0.2, 0.25) is 0 Å². The molecule has 0 bridgehead atoms. The lowest BCUT2D eigenvalue weighted by Crippen LogP contribution is -2.20. The molecule has 0 aliphatic heterocycles. The van der Waals surface area contributed by atoms with Crippen LogP contribution in [0.5, 0.6) is 0 Å². The zero-order valence-corrected chi connectivity index (χ0v) is 7.96. The van der Waals surface area contributed by atoms with Crippen LogP contribution in [0.3, 0.4) is 0 Å². The zero-order valence-electron chi connectivity index (χ0n) is 7.14. The van der Waals surface area contributed by atoms with E-state index in [9.17, 15) is 0 Å². The van der Waals surface area contributed by atoms with Crippen molar-refractivity contribution in [2.24, 2.45) is 0 Å². The summed E-state index contributed by atoms with van der Waals surface area (Å²) >= 11 is 1.39. The van der Waals surface area contributed by atoms with Crippen LogP contribution in [0, 0.1) is 0 Å². The van der Waals surface area contributed by atoms with Crippen LogP contribution in [0.1, 0.15) is 0 Å². The standard InChI is InChI=1S/C7H16O4S/c1-11-3-7(10)5-12-4-6(9)2-8/h6-10H,2-5H2,1H3. The molecule has 0 aromatic heterocycles. The topological polar surface area (TPSA) is 69.9 Å². The molecule has 0 aromatic carbocycles. The van der Waals surface area contributed by atoms with E-state index in [-0.39, 0.29) is 6.61 Å². The maximum Gasteiger partial charge on any atom is 0.0863 e. The minimum Gasteiger partial charge on any atom is -0.394 e. The molecular weight excluding hydrogens is 180 g/mol. The second-order valence-corrected chi connectivity index (χ2v) is 3.56. The first-order chi connectivity index (χ1) is 5.70. The third kappa shape index (κ3) is 6.87. The molecule has 0 saturated carbocycles.